The van der Waals surface area contributed by atoms with Crippen molar-refractivity contribution in [2.75, 3.05) is 26.3 Å². The van der Waals surface area contributed by atoms with Crippen LogP contribution in [-0.2, 0) is 4.74 Å². The van der Waals surface area contributed by atoms with Gasteiger partial charge in [0.15, 0.2) is 6.10 Å². The molecule has 0 aromatic heterocycles. The van der Waals surface area contributed by atoms with Gasteiger partial charge in [0.05, 0.1) is 13.2 Å². The van der Waals surface area contributed by atoms with Gasteiger partial charge in [0.1, 0.15) is 0 Å². The molecule has 112 valence electrons. The SMILES string of the molecule is OC(CC(c1ccccc1)N1CCOCC1)C(F)(F)F. The van der Waals surface area contributed by atoms with Crippen molar-refractivity contribution in [1.29, 1.82) is 0 Å². The van der Waals surface area contributed by atoms with E-state index in [0.717, 1.165) is 5.56 Å². The quantitative estimate of drug-likeness (QED) is 0.923. The average Bonchev–Trinajstić information content (AvgIpc) is 2.45. The molecule has 0 amide bonds. The van der Waals surface area contributed by atoms with Crippen LogP contribution in [0.15, 0.2) is 30.3 Å². The lowest BCUT2D eigenvalue weighted by molar-refractivity contribution is -0.209. The topological polar surface area (TPSA) is 32.7 Å². The minimum absolute atomic E-state index is 0.354. The molecule has 1 aromatic rings. The maximum absolute atomic E-state index is 12.6. The Labute approximate surface area is 116 Å². The van der Waals surface area contributed by atoms with Crippen molar-refractivity contribution in [3.05, 3.63) is 35.9 Å². The molecule has 0 spiro atoms. The smallest absolute Gasteiger partial charge is 0.384 e. The highest BCUT2D eigenvalue weighted by molar-refractivity contribution is 5.19. The summed E-state index contributed by atoms with van der Waals surface area (Å²) in [6.45, 7) is 2.16. The zero-order valence-corrected chi connectivity index (χ0v) is 11.0. The molecule has 0 radical (unpaired) electrons. The van der Waals surface area contributed by atoms with Crippen LogP contribution in [0.5, 0.6) is 0 Å². The van der Waals surface area contributed by atoms with Gasteiger partial charge in [-0.25, -0.2) is 0 Å². The molecule has 2 unspecified atom stereocenters. The summed E-state index contributed by atoms with van der Waals surface area (Å²) in [4.78, 5) is 1.94. The molecule has 1 aromatic carbocycles. The normalized spacial score (nSPS) is 20.6. The third-order valence-electron chi connectivity index (χ3n) is 3.50. The summed E-state index contributed by atoms with van der Waals surface area (Å²) in [5, 5.41) is 9.37. The molecule has 6 heteroatoms. The minimum atomic E-state index is -4.58. The van der Waals surface area contributed by atoms with Crippen LogP contribution in [0.4, 0.5) is 13.2 Å². The van der Waals surface area contributed by atoms with E-state index >= 15 is 0 Å². The molecule has 1 aliphatic rings. The first-order valence-electron chi connectivity index (χ1n) is 6.60. The van der Waals surface area contributed by atoms with Gasteiger partial charge in [-0.2, -0.15) is 13.2 Å². The second-order valence-electron chi connectivity index (χ2n) is 4.87. The van der Waals surface area contributed by atoms with E-state index in [9.17, 15) is 18.3 Å². The molecule has 1 N–H and O–H groups in total. The molecule has 1 fully saturated rings. The van der Waals surface area contributed by atoms with Crippen molar-refractivity contribution in [2.45, 2.75) is 24.7 Å². The molecule has 20 heavy (non-hydrogen) atoms. The molecular weight excluding hydrogens is 271 g/mol. The highest BCUT2D eigenvalue weighted by Crippen LogP contribution is 2.32. The van der Waals surface area contributed by atoms with E-state index in [2.05, 4.69) is 0 Å². The van der Waals surface area contributed by atoms with E-state index in [1.54, 1.807) is 24.3 Å². The highest BCUT2D eigenvalue weighted by Gasteiger charge is 2.40. The number of hydrogen-bond donors (Lipinski definition) is 1. The van der Waals surface area contributed by atoms with Gasteiger partial charge in [0, 0.05) is 25.6 Å². The van der Waals surface area contributed by atoms with Crippen LogP contribution < -0.4 is 0 Å². The van der Waals surface area contributed by atoms with E-state index in [1.807, 2.05) is 11.0 Å². The minimum Gasteiger partial charge on any atom is -0.384 e. The lowest BCUT2D eigenvalue weighted by atomic mass is 9.98. The van der Waals surface area contributed by atoms with E-state index in [4.69, 9.17) is 4.74 Å². The van der Waals surface area contributed by atoms with Crippen LogP contribution in [0, 0.1) is 0 Å². The average molecular weight is 289 g/mol. The predicted molar refractivity (Wildman–Crippen MR) is 68.3 cm³/mol. The largest absolute Gasteiger partial charge is 0.414 e. The number of aliphatic hydroxyl groups excluding tert-OH is 1. The molecule has 0 bridgehead atoms. The summed E-state index contributed by atoms with van der Waals surface area (Å²) < 4.78 is 43.0. The second kappa shape index (κ2) is 6.56. The Bertz CT molecular complexity index is 405. The Morgan fingerprint density at radius 2 is 1.75 bits per heavy atom. The molecule has 0 aliphatic carbocycles. The van der Waals surface area contributed by atoms with Gasteiger partial charge in [-0.1, -0.05) is 30.3 Å². The second-order valence-corrected chi connectivity index (χ2v) is 4.87. The Hall–Kier alpha value is -1.11. The first-order chi connectivity index (χ1) is 9.48. The van der Waals surface area contributed by atoms with Gasteiger partial charge in [-0.05, 0) is 5.56 Å². The van der Waals surface area contributed by atoms with Crippen LogP contribution in [0.25, 0.3) is 0 Å². The monoisotopic (exact) mass is 289 g/mol. The van der Waals surface area contributed by atoms with Gasteiger partial charge in [0.25, 0.3) is 0 Å². The number of halogens is 3. The van der Waals surface area contributed by atoms with Crippen LogP contribution in [0.2, 0.25) is 0 Å². The zero-order valence-electron chi connectivity index (χ0n) is 11.0. The van der Waals surface area contributed by atoms with Crippen molar-refractivity contribution in [3.8, 4) is 0 Å². The molecule has 2 atom stereocenters. The van der Waals surface area contributed by atoms with Gasteiger partial charge < -0.3 is 9.84 Å². The summed E-state index contributed by atoms with van der Waals surface area (Å²) in [5.41, 5.74) is 0.790. The van der Waals surface area contributed by atoms with E-state index in [1.165, 1.54) is 0 Å². The number of morpholine rings is 1. The van der Waals surface area contributed by atoms with Crippen molar-refractivity contribution in [1.82, 2.24) is 4.90 Å². The predicted octanol–water partition coefficient (Wildman–Crippen LogP) is 2.37. The Morgan fingerprint density at radius 3 is 2.30 bits per heavy atom. The summed E-state index contributed by atoms with van der Waals surface area (Å²) in [6.07, 6.45) is -7.25. The molecule has 1 saturated heterocycles. The molecule has 3 nitrogen and oxygen atoms in total. The Balaban J connectivity index is 2.15. The maximum atomic E-state index is 12.6. The molecule has 1 heterocycles. The maximum Gasteiger partial charge on any atom is 0.414 e. The van der Waals surface area contributed by atoms with E-state index in [-0.39, 0.29) is 6.42 Å². The number of alkyl halides is 3. The van der Waals surface area contributed by atoms with Crippen molar-refractivity contribution < 1.29 is 23.0 Å². The summed E-state index contributed by atoms with van der Waals surface area (Å²) in [6, 6.07) is 8.55. The summed E-state index contributed by atoms with van der Waals surface area (Å²) >= 11 is 0. The van der Waals surface area contributed by atoms with Crippen molar-refractivity contribution >= 4 is 0 Å². The number of ether oxygens (including phenoxy) is 1. The molecule has 0 saturated carbocycles. The number of nitrogens with zero attached hydrogens (tertiary/aromatic N) is 1. The number of benzene rings is 1. The van der Waals surface area contributed by atoms with Gasteiger partial charge in [0.2, 0.25) is 0 Å². The van der Waals surface area contributed by atoms with Crippen LogP contribution in [-0.4, -0.2) is 48.6 Å². The van der Waals surface area contributed by atoms with Crippen LogP contribution in [0.3, 0.4) is 0 Å². The lowest BCUT2D eigenvalue weighted by Crippen LogP contribution is -2.42. The first kappa shape index (κ1) is 15.3. The summed E-state index contributed by atoms with van der Waals surface area (Å²) in [5.74, 6) is 0. The van der Waals surface area contributed by atoms with Gasteiger partial charge in [-0.15, -0.1) is 0 Å². The van der Waals surface area contributed by atoms with Crippen molar-refractivity contribution in [2.24, 2.45) is 0 Å². The molecule has 1 aliphatic heterocycles. The lowest BCUT2D eigenvalue weighted by Gasteiger charge is -2.36. The fourth-order valence-corrected chi connectivity index (χ4v) is 2.41. The third-order valence-corrected chi connectivity index (χ3v) is 3.50. The third kappa shape index (κ3) is 3.94. The molecule has 2 rings (SSSR count). The Morgan fingerprint density at radius 1 is 1.15 bits per heavy atom. The molecular formula is C14H18F3NO2. The Kier molecular flexibility index (Phi) is 5.01. The number of rotatable bonds is 4. The fourth-order valence-electron chi connectivity index (χ4n) is 2.41. The standard InChI is InChI=1S/C14H18F3NO2/c15-14(16,17)13(19)10-12(11-4-2-1-3-5-11)18-6-8-20-9-7-18/h1-5,12-13,19H,6-10H2. The van der Waals surface area contributed by atoms with Crippen molar-refractivity contribution in [3.63, 3.8) is 0 Å². The first-order valence-corrected chi connectivity index (χ1v) is 6.60. The van der Waals surface area contributed by atoms with E-state index in [0.29, 0.717) is 26.3 Å². The van der Waals surface area contributed by atoms with Gasteiger partial charge >= 0.3 is 6.18 Å². The van der Waals surface area contributed by atoms with Crippen LogP contribution >= 0.6 is 0 Å². The number of aliphatic hydroxyl groups is 1. The zero-order chi connectivity index (χ0) is 14.6. The number of hydrogen-bond acceptors (Lipinski definition) is 3. The highest BCUT2D eigenvalue weighted by atomic mass is 19.4. The van der Waals surface area contributed by atoms with Crippen LogP contribution in [0.1, 0.15) is 18.0 Å². The summed E-state index contributed by atoms with van der Waals surface area (Å²) in [7, 11) is 0. The van der Waals surface area contributed by atoms with E-state index < -0.39 is 18.3 Å². The fraction of sp³-hybridized carbons (Fsp3) is 0.571. The van der Waals surface area contributed by atoms with Gasteiger partial charge in [-0.3, -0.25) is 4.90 Å².